The molecule has 0 bridgehead atoms. The van der Waals surface area contributed by atoms with Crippen LogP contribution in [0, 0.1) is 0 Å². The van der Waals surface area contributed by atoms with Gasteiger partial charge in [0.05, 0.1) is 0 Å². The number of thiazole rings is 1. The first-order valence-electron chi connectivity index (χ1n) is 3.86. The molecule has 0 aromatic carbocycles. The molecule has 0 spiro atoms. The van der Waals surface area contributed by atoms with Gasteiger partial charge in [0, 0.05) is 23.4 Å². The van der Waals surface area contributed by atoms with Crippen molar-refractivity contribution in [2.45, 2.75) is 0 Å². The predicted octanol–water partition coefficient (Wildman–Crippen LogP) is 3.13. The normalized spacial score (nSPS) is 9.92. The van der Waals surface area contributed by atoms with E-state index in [-0.39, 0.29) is 0 Å². The second kappa shape index (κ2) is 6.29. The second-order valence-electron chi connectivity index (χ2n) is 2.27. The van der Waals surface area contributed by atoms with Crippen molar-refractivity contribution in [3.8, 4) is 0 Å². The van der Waals surface area contributed by atoms with E-state index in [4.69, 9.17) is 11.6 Å². The first-order chi connectivity index (χ1) is 6.33. The molecule has 0 atom stereocenters. The fourth-order valence-corrected chi connectivity index (χ4v) is 2.18. The molecule has 1 aromatic rings. The summed E-state index contributed by atoms with van der Waals surface area (Å²) in [7, 11) is 0. The van der Waals surface area contributed by atoms with Crippen molar-refractivity contribution >= 4 is 39.8 Å². The Morgan fingerprint density at radius 1 is 1.77 bits per heavy atom. The number of nitrogens with zero attached hydrogens (tertiary/aromatic N) is 1. The Morgan fingerprint density at radius 3 is 3.23 bits per heavy atom. The Morgan fingerprint density at radius 2 is 2.62 bits per heavy atom. The molecule has 0 aliphatic carbocycles. The summed E-state index contributed by atoms with van der Waals surface area (Å²) in [6, 6.07) is 0. The van der Waals surface area contributed by atoms with Crippen LogP contribution in [-0.2, 0) is 0 Å². The fraction of sp³-hybridized carbons (Fsp3) is 0.375. The number of aromatic nitrogens is 1. The maximum absolute atomic E-state index is 5.66. The molecule has 0 fully saturated rings. The minimum atomic E-state index is 0.561. The maximum atomic E-state index is 5.66. The van der Waals surface area contributed by atoms with Crippen molar-refractivity contribution in [2.75, 3.05) is 23.4 Å². The van der Waals surface area contributed by atoms with E-state index in [2.05, 4.69) is 16.9 Å². The van der Waals surface area contributed by atoms with E-state index in [1.165, 1.54) is 11.3 Å². The van der Waals surface area contributed by atoms with Crippen molar-refractivity contribution in [1.29, 1.82) is 0 Å². The van der Waals surface area contributed by atoms with Crippen molar-refractivity contribution in [3.63, 3.8) is 0 Å². The highest BCUT2D eigenvalue weighted by atomic mass is 35.5. The van der Waals surface area contributed by atoms with Crippen LogP contribution >= 0.6 is 34.7 Å². The number of thioether (sulfide) groups is 1. The van der Waals surface area contributed by atoms with E-state index in [0.717, 1.165) is 23.2 Å². The van der Waals surface area contributed by atoms with Gasteiger partial charge in [0.25, 0.3) is 0 Å². The highest BCUT2D eigenvalue weighted by Gasteiger charge is 1.96. The third kappa shape index (κ3) is 4.55. The quantitative estimate of drug-likeness (QED) is 0.605. The first kappa shape index (κ1) is 10.9. The fourth-order valence-electron chi connectivity index (χ4n) is 0.732. The van der Waals surface area contributed by atoms with E-state index < -0.39 is 0 Å². The number of anilines is 1. The number of nitrogens with one attached hydrogen (secondary N) is 1. The molecule has 72 valence electrons. The summed E-state index contributed by atoms with van der Waals surface area (Å²) in [4.78, 5) is 4.07. The molecule has 0 radical (unpaired) electrons. The van der Waals surface area contributed by atoms with Gasteiger partial charge in [-0.25, -0.2) is 4.98 Å². The van der Waals surface area contributed by atoms with Gasteiger partial charge < -0.3 is 5.32 Å². The summed E-state index contributed by atoms with van der Waals surface area (Å²) < 4.78 is 0. The molecule has 0 amide bonds. The summed E-state index contributed by atoms with van der Waals surface area (Å²) >= 11 is 9.04. The Bertz CT molecular complexity index is 262. The third-order valence-electron chi connectivity index (χ3n) is 1.23. The molecule has 5 heteroatoms. The van der Waals surface area contributed by atoms with Crippen LogP contribution < -0.4 is 5.32 Å². The monoisotopic (exact) mass is 234 g/mol. The van der Waals surface area contributed by atoms with Crippen molar-refractivity contribution < 1.29 is 0 Å². The zero-order valence-electron chi connectivity index (χ0n) is 7.12. The molecule has 1 rings (SSSR count). The number of rotatable bonds is 6. The van der Waals surface area contributed by atoms with Crippen molar-refractivity contribution in [3.05, 3.63) is 23.2 Å². The van der Waals surface area contributed by atoms with Crippen LogP contribution in [0.1, 0.15) is 0 Å². The molecule has 0 saturated heterocycles. The van der Waals surface area contributed by atoms with Crippen LogP contribution in [0.3, 0.4) is 0 Å². The molecule has 0 saturated carbocycles. The maximum Gasteiger partial charge on any atom is 0.184 e. The summed E-state index contributed by atoms with van der Waals surface area (Å²) in [5.74, 6) is 2.06. The highest BCUT2D eigenvalue weighted by Crippen LogP contribution is 2.18. The van der Waals surface area contributed by atoms with Gasteiger partial charge in [-0.3, -0.25) is 0 Å². The minimum Gasteiger partial charge on any atom is -0.361 e. The largest absolute Gasteiger partial charge is 0.361 e. The van der Waals surface area contributed by atoms with Crippen molar-refractivity contribution in [1.82, 2.24) is 4.98 Å². The van der Waals surface area contributed by atoms with Crippen LogP contribution in [0.5, 0.6) is 0 Å². The molecule has 1 N–H and O–H groups in total. The van der Waals surface area contributed by atoms with Gasteiger partial charge >= 0.3 is 0 Å². The average Bonchev–Trinajstić information content (AvgIpc) is 2.51. The number of hydrogen-bond donors (Lipinski definition) is 1. The van der Waals surface area contributed by atoms with E-state index in [9.17, 15) is 0 Å². The van der Waals surface area contributed by atoms with Crippen LogP contribution in [0.4, 0.5) is 5.13 Å². The lowest BCUT2D eigenvalue weighted by atomic mass is 10.7. The summed E-state index contributed by atoms with van der Waals surface area (Å²) in [6.45, 7) is 4.57. The SMILES string of the molecule is C=CCSCCNc1nc(Cl)cs1. The summed E-state index contributed by atoms with van der Waals surface area (Å²) in [5, 5.41) is 6.47. The zero-order chi connectivity index (χ0) is 9.52. The van der Waals surface area contributed by atoms with Gasteiger partial charge in [-0.15, -0.1) is 17.9 Å². The first-order valence-corrected chi connectivity index (χ1v) is 6.27. The molecular weight excluding hydrogens is 224 g/mol. The van der Waals surface area contributed by atoms with Gasteiger partial charge in [-0.1, -0.05) is 17.7 Å². The van der Waals surface area contributed by atoms with Gasteiger partial charge in [-0.2, -0.15) is 11.8 Å². The van der Waals surface area contributed by atoms with Gasteiger partial charge in [-0.05, 0) is 0 Å². The number of hydrogen-bond acceptors (Lipinski definition) is 4. The molecule has 0 aliphatic rings. The van der Waals surface area contributed by atoms with Crippen molar-refractivity contribution in [2.24, 2.45) is 0 Å². The van der Waals surface area contributed by atoms with E-state index in [1.54, 1.807) is 0 Å². The van der Waals surface area contributed by atoms with Gasteiger partial charge in [0.15, 0.2) is 5.13 Å². The van der Waals surface area contributed by atoms with E-state index in [0.29, 0.717) is 5.15 Å². The van der Waals surface area contributed by atoms with E-state index >= 15 is 0 Å². The highest BCUT2D eigenvalue weighted by molar-refractivity contribution is 7.99. The Hall–Kier alpha value is -0.190. The molecule has 2 nitrogen and oxygen atoms in total. The lowest BCUT2D eigenvalue weighted by molar-refractivity contribution is 1.20. The Labute approximate surface area is 91.4 Å². The molecule has 1 aromatic heterocycles. The van der Waals surface area contributed by atoms with Crippen LogP contribution in [0.2, 0.25) is 5.15 Å². The smallest absolute Gasteiger partial charge is 0.184 e. The van der Waals surface area contributed by atoms with Crippen LogP contribution in [0.15, 0.2) is 18.0 Å². The third-order valence-corrected chi connectivity index (χ3v) is 3.32. The Balaban J connectivity index is 2.09. The molecule has 0 aliphatic heterocycles. The second-order valence-corrected chi connectivity index (χ2v) is 4.66. The predicted molar refractivity (Wildman–Crippen MR) is 63.1 cm³/mol. The molecule has 0 unspecified atom stereocenters. The topological polar surface area (TPSA) is 24.9 Å². The summed E-state index contributed by atoms with van der Waals surface area (Å²) in [5.41, 5.74) is 0. The molecule has 1 heterocycles. The van der Waals surface area contributed by atoms with Crippen LogP contribution in [0.25, 0.3) is 0 Å². The van der Waals surface area contributed by atoms with E-state index in [1.807, 2.05) is 23.2 Å². The molecule has 13 heavy (non-hydrogen) atoms. The molecular formula is C8H11ClN2S2. The van der Waals surface area contributed by atoms with Gasteiger partial charge in [0.1, 0.15) is 5.15 Å². The van der Waals surface area contributed by atoms with Crippen LogP contribution in [-0.4, -0.2) is 23.0 Å². The van der Waals surface area contributed by atoms with Gasteiger partial charge in [0.2, 0.25) is 0 Å². The minimum absolute atomic E-state index is 0.561. The lowest BCUT2D eigenvalue weighted by Crippen LogP contribution is -2.03. The Kier molecular flexibility index (Phi) is 5.27. The number of halogens is 1. The zero-order valence-corrected chi connectivity index (χ0v) is 9.51. The standard InChI is InChI=1S/C8H11ClN2S2/c1-2-4-12-5-3-10-8-11-7(9)6-13-8/h2,6H,1,3-5H2,(H,10,11). The average molecular weight is 235 g/mol. The lowest BCUT2D eigenvalue weighted by Gasteiger charge is -2.00. The summed E-state index contributed by atoms with van der Waals surface area (Å²) in [6.07, 6.45) is 1.91.